The molecule has 1 unspecified atom stereocenters. The van der Waals surface area contributed by atoms with Crippen molar-refractivity contribution < 1.29 is 15.0 Å². The Bertz CT molecular complexity index is 335. The van der Waals surface area contributed by atoms with Crippen LogP contribution < -0.4 is 0 Å². The summed E-state index contributed by atoms with van der Waals surface area (Å²) in [4.78, 5) is 11.5. The summed E-state index contributed by atoms with van der Waals surface area (Å²) in [6.45, 7) is 1.76. The van der Waals surface area contributed by atoms with Crippen LogP contribution in [0.25, 0.3) is 0 Å². The fourth-order valence-corrected chi connectivity index (χ4v) is 3.99. The highest BCUT2D eigenvalue weighted by Gasteiger charge is 2.44. The predicted molar refractivity (Wildman–Crippen MR) is 74.7 cm³/mol. The third kappa shape index (κ3) is 3.82. The molecule has 0 aromatic carbocycles. The van der Waals surface area contributed by atoms with Crippen molar-refractivity contribution in [1.82, 2.24) is 0 Å². The summed E-state index contributed by atoms with van der Waals surface area (Å²) in [6.07, 6.45) is 10.9. The van der Waals surface area contributed by atoms with E-state index in [2.05, 4.69) is 0 Å². The van der Waals surface area contributed by atoms with Crippen molar-refractivity contribution in [3.63, 3.8) is 0 Å². The van der Waals surface area contributed by atoms with E-state index < -0.39 is 5.97 Å². The molecule has 108 valence electrons. The number of fused-ring (bicyclic) bond motifs is 2. The van der Waals surface area contributed by atoms with Crippen molar-refractivity contribution in [2.75, 3.05) is 0 Å². The number of allylic oxidation sites excluding steroid dienone is 1. The van der Waals surface area contributed by atoms with Crippen LogP contribution in [0.4, 0.5) is 0 Å². The molecule has 3 heteroatoms. The SMILES string of the molecule is C[C@@H](O)CC=CCCC(C(=O)O)[C@@H]1C[C@H]2CC[C@@H]1C2. The number of hydrogen-bond donors (Lipinski definition) is 2. The van der Waals surface area contributed by atoms with Gasteiger partial charge in [-0.15, -0.1) is 0 Å². The first-order valence-electron chi connectivity index (χ1n) is 7.63. The number of aliphatic hydroxyl groups is 1. The Hall–Kier alpha value is -0.830. The van der Waals surface area contributed by atoms with E-state index in [0.29, 0.717) is 18.3 Å². The molecule has 2 rings (SSSR count). The average molecular weight is 266 g/mol. The first kappa shape index (κ1) is 14.6. The molecule has 0 aromatic heterocycles. The number of rotatable bonds is 7. The van der Waals surface area contributed by atoms with Gasteiger partial charge in [-0.2, -0.15) is 0 Å². The summed E-state index contributed by atoms with van der Waals surface area (Å²) >= 11 is 0. The molecule has 0 spiro atoms. The maximum atomic E-state index is 11.5. The highest BCUT2D eigenvalue weighted by molar-refractivity contribution is 5.70. The molecule has 2 N–H and O–H groups in total. The summed E-state index contributed by atoms with van der Waals surface area (Å²) < 4.78 is 0. The second kappa shape index (κ2) is 6.56. The van der Waals surface area contributed by atoms with Crippen molar-refractivity contribution in [3.05, 3.63) is 12.2 Å². The van der Waals surface area contributed by atoms with E-state index in [1.54, 1.807) is 6.92 Å². The van der Waals surface area contributed by atoms with Gasteiger partial charge < -0.3 is 10.2 Å². The predicted octanol–water partition coefficient (Wildman–Crippen LogP) is 3.23. The van der Waals surface area contributed by atoms with Gasteiger partial charge in [0.05, 0.1) is 12.0 Å². The number of aliphatic hydroxyl groups excluding tert-OH is 1. The zero-order valence-corrected chi connectivity index (χ0v) is 11.8. The standard InChI is InChI=1S/C16H26O3/c1-11(17)5-3-2-4-6-14(16(18)19)15-10-12-7-8-13(15)9-12/h2-3,11-15,17H,4-10H2,1H3,(H,18,19)/t11-,12+,13-,14?,15-/m1/s1. The molecule has 0 amide bonds. The van der Waals surface area contributed by atoms with E-state index in [4.69, 9.17) is 5.11 Å². The average Bonchev–Trinajstić information content (AvgIpc) is 2.94. The molecular weight excluding hydrogens is 240 g/mol. The minimum Gasteiger partial charge on any atom is -0.481 e. The number of carboxylic acid groups (broad SMARTS) is 1. The second-order valence-electron chi connectivity index (χ2n) is 6.42. The van der Waals surface area contributed by atoms with Gasteiger partial charge in [-0.1, -0.05) is 18.6 Å². The van der Waals surface area contributed by atoms with Gasteiger partial charge in [-0.3, -0.25) is 4.79 Å². The summed E-state index contributed by atoms with van der Waals surface area (Å²) in [5.74, 6) is 1.13. The minimum atomic E-state index is -0.610. The lowest BCUT2D eigenvalue weighted by Gasteiger charge is -2.27. The third-order valence-electron chi connectivity index (χ3n) is 4.92. The lowest BCUT2D eigenvalue weighted by molar-refractivity contribution is -0.144. The van der Waals surface area contributed by atoms with E-state index in [9.17, 15) is 9.90 Å². The van der Waals surface area contributed by atoms with Crippen molar-refractivity contribution in [2.24, 2.45) is 23.7 Å². The molecule has 2 bridgehead atoms. The lowest BCUT2D eigenvalue weighted by atomic mass is 9.77. The molecule has 0 saturated heterocycles. The molecule has 19 heavy (non-hydrogen) atoms. The van der Waals surface area contributed by atoms with Gasteiger partial charge in [0.15, 0.2) is 0 Å². The van der Waals surface area contributed by atoms with Gasteiger partial charge in [0.1, 0.15) is 0 Å². The molecule has 0 aromatic rings. The highest BCUT2D eigenvalue weighted by Crippen LogP contribution is 2.51. The quantitative estimate of drug-likeness (QED) is 0.696. The van der Waals surface area contributed by atoms with Gasteiger partial charge in [0, 0.05) is 0 Å². The minimum absolute atomic E-state index is 0.161. The van der Waals surface area contributed by atoms with Crippen LogP contribution in [0.3, 0.4) is 0 Å². The van der Waals surface area contributed by atoms with E-state index in [-0.39, 0.29) is 12.0 Å². The Morgan fingerprint density at radius 3 is 2.63 bits per heavy atom. The second-order valence-corrected chi connectivity index (χ2v) is 6.42. The van der Waals surface area contributed by atoms with Crippen LogP contribution in [0.2, 0.25) is 0 Å². The van der Waals surface area contributed by atoms with Crippen LogP contribution in [-0.4, -0.2) is 22.3 Å². The smallest absolute Gasteiger partial charge is 0.306 e. The number of hydrogen-bond acceptors (Lipinski definition) is 2. The molecule has 0 radical (unpaired) electrons. The molecule has 0 aliphatic heterocycles. The van der Waals surface area contributed by atoms with E-state index in [1.165, 1.54) is 19.3 Å². The van der Waals surface area contributed by atoms with Crippen molar-refractivity contribution in [2.45, 2.75) is 58.0 Å². The molecule has 5 atom stereocenters. The van der Waals surface area contributed by atoms with Crippen LogP contribution >= 0.6 is 0 Å². The molecule has 0 heterocycles. The number of carbonyl (C=O) groups is 1. The van der Waals surface area contributed by atoms with Gasteiger partial charge in [-0.05, 0) is 63.2 Å². The number of carboxylic acids is 1. The molecule has 2 aliphatic carbocycles. The van der Waals surface area contributed by atoms with Crippen molar-refractivity contribution >= 4 is 5.97 Å². The van der Waals surface area contributed by atoms with Crippen LogP contribution in [0, 0.1) is 23.7 Å². The Morgan fingerprint density at radius 2 is 2.11 bits per heavy atom. The maximum Gasteiger partial charge on any atom is 0.306 e. The topological polar surface area (TPSA) is 57.5 Å². The summed E-state index contributed by atoms with van der Waals surface area (Å²) in [7, 11) is 0. The molecule has 2 aliphatic rings. The zero-order chi connectivity index (χ0) is 13.8. The van der Waals surface area contributed by atoms with E-state index in [1.807, 2.05) is 12.2 Å². The first-order valence-corrected chi connectivity index (χ1v) is 7.63. The van der Waals surface area contributed by atoms with Crippen LogP contribution in [0.1, 0.15) is 51.9 Å². The first-order chi connectivity index (χ1) is 9.08. The maximum absolute atomic E-state index is 11.5. The van der Waals surface area contributed by atoms with Crippen molar-refractivity contribution in [3.8, 4) is 0 Å². The van der Waals surface area contributed by atoms with Gasteiger partial charge in [0.25, 0.3) is 0 Å². The van der Waals surface area contributed by atoms with Crippen molar-refractivity contribution in [1.29, 1.82) is 0 Å². The summed E-state index contributed by atoms with van der Waals surface area (Å²) in [5, 5.41) is 18.6. The van der Waals surface area contributed by atoms with Gasteiger partial charge >= 0.3 is 5.97 Å². The Morgan fingerprint density at radius 1 is 1.32 bits per heavy atom. The van der Waals surface area contributed by atoms with Crippen LogP contribution in [0.15, 0.2) is 12.2 Å². The largest absolute Gasteiger partial charge is 0.481 e. The van der Waals surface area contributed by atoms with E-state index >= 15 is 0 Å². The lowest BCUT2D eigenvalue weighted by Crippen LogP contribution is -2.27. The molecule has 3 nitrogen and oxygen atoms in total. The molecule has 2 saturated carbocycles. The Balaban J connectivity index is 1.80. The van der Waals surface area contributed by atoms with Crippen LogP contribution in [0.5, 0.6) is 0 Å². The normalized spacial score (nSPS) is 32.8. The molecular formula is C16H26O3. The van der Waals surface area contributed by atoms with Crippen LogP contribution in [-0.2, 0) is 4.79 Å². The third-order valence-corrected chi connectivity index (χ3v) is 4.92. The summed E-state index contributed by atoms with van der Waals surface area (Å²) in [6, 6.07) is 0. The number of aliphatic carboxylic acids is 1. The fourth-order valence-electron chi connectivity index (χ4n) is 3.99. The highest BCUT2D eigenvalue weighted by atomic mass is 16.4. The van der Waals surface area contributed by atoms with E-state index in [0.717, 1.165) is 25.2 Å². The monoisotopic (exact) mass is 266 g/mol. The van der Waals surface area contributed by atoms with Gasteiger partial charge in [-0.25, -0.2) is 0 Å². The Labute approximate surface area is 115 Å². The fraction of sp³-hybridized carbons (Fsp3) is 0.812. The Kier molecular flexibility index (Phi) is 5.03. The molecule has 2 fully saturated rings. The van der Waals surface area contributed by atoms with Gasteiger partial charge in [0.2, 0.25) is 0 Å². The zero-order valence-electron chi connectivity index (χ0n) is 11.8. The summed E-state index contributed by atoms with van der Waals surface area (Å²) in [5.41, 5.74) is 0.